The Bertz CT molecular complexity index is 73.9. The van der Waals surface area contributed by atoms with Crippen LogP contribution in [0.5, 0.6) is 0 Å². The lowest BCUT2D eigenvalue weighted by molar-refractivity contribution is 0.226. The number of hydrogen-bond acceptors (Lipinski definition) is 5. The zero-order valence-corrected chi connectivity index (χ0v) is 6.04. The van der Waals surface area contributed by atoms with Crippen molar-refractivity contribution < 1.29 is 14.4 Å². The molecular formula is C3H12N2O3Si. The summed E-state index contributed by atoms with van der Waals surface area (Å²) in [5, 5.41) is 0. The zero-order chi connectivity index (χ0) is 7.33. The lowest BCUT2D eigenvalue weighted by atomic mass is 10.5. The van der Waals surface area contributed by atoms with E-state index in [1.807, 2.05) is 0 Å². The molecule has 0 heterocycles. The van der Waals surface area contributed by atoms with Crippen molar-refractivity contribution in [2.75, 3.05) is 6.54 Å². The second kappa shape index (κ2) is 3.93. The van der Waals surface area contributed by atoms with Gasteiger partial charge in [-0.2, -0.15) is 0 Å². The van der Waals surface area contributed by atoms with Crippen molar-refractivity contribution in [2.45, 2.75) is 12.5 Å². The molecule has 0 aliphatic rings. The van der Waals surface area contributed by atoms with Crippen LogP contribution in [0.3, 0.4) is 0 Å². The van der Waals surface area contributed by atoms with E-state index in [4.69, 9.17) is 20.2 Å². The summed E-state index contributed by atoms with van der Waals surface area (Å²) in [6.45, 7) is 0.483. The molecule has 9 heavy (non-hydrogen) atoms. The third kappa shape index (κ3) is 8.02. The summed E-state index contributed by atoms with van der Waals surface area (Å²) in [7, 11) is -3.79. The average molecular weight is 152 g/mol. The van der Waals surface area contributed by atoms with Gasteiger partial charge in [0.05, 0.1) is 0 Å². The monoisotopic (exact) mass is 152 g/mol. The first kappa shape index (κ1) is 9.02. The van der Waals surface area contributed by atoms with E-state index in [9.17, 15) is 0 Å². The molecule has 0 rings (SSSR count). The highest BCUT2D eigenvalue weighted by molar-refractivity contribution is 6.56. The van der Waals surface area contributed by atoms with Crippen LogP contribution in [0.2, 0.25) is 6.04 Å². The number of nitrogens with two attached hydrogens (primary N) is 1. The fraction of sp³-hybridized carbons (Fsp3) is 1.00. The van der Waals surface area contributed by atoms with Crippen molar-refractivity contribution in [1.29, 1.82) is 0 Å². The molecule has 0 spiro atoms. The Kier molecular flexibility index (Phi) is 3.94. The first-order valence-electron chi connectivity index (χ1n) is 2.67. The highest BCUT2D eigenvalue weighted by Gasteiger charge is 2.25. The fourth-order valence-corrected chi connectivity index (χ4v) is 1.08. The van der Waals surface area contributed by atoms with E-state index in [1.165, 1.54) is 0 Å². The molecule has 0 saturated heterocycles. The minimum absolute atomic E-state index is 0.0389. The Labute approximate surface area is 54.5 Å². The number of hydrogen-bond donors (Lipinski definition) is 5. The van der Waals surface area contributed by atoms with Crippen LogP contribution in [-0.2, 0) is 0 Å². The maximum absolute atomic E-state index is 8.43. The van der Waals surface area contributed by atoms with Crippen LogP contribution in [0.15, 0.2) is 0 Å². The van der Waals surface area contributed by atoms with E-state index in [2.05, 4.69) is 5.43 Å². The highest BCUT2D eigenvalue weighted by atomic mass is 28.4. The molecule has 0 saturated carbocycles. The Morgan fingerprint density at radius 2 is 1.89 bits per heavy atom. The molecule has 0 fully saturated rings. The number of nitrogens with one attached hydrogen (secondary N) is 1. The summed E-state index contributed by atoms with van der Waals surface area (Å²) in [5.41, 5.74) is 2.33. The Morgan fingerprint density at radius 1 is 1.33 bits per heavy atom. The van der Waals surface area contributed by atoms with E-state index < -0.39 is 8.80 Å². The lowest BCUT2D eigenvalue weighted by Gasteiger charge is -2.07. The van der Waals surface area contributed by atoms with E-state index in [0.29, 0.717) is 13.0 Å². The van der Waals surface area contributed by atoms with Gasteiger partial charge >= 0.3 is 8.80 Å². The van der Waals surface area contributed by atoms with Crippen LogP contribution in [0.1, 0.15) is 6.42 Å². The van der Waals surface area contributed by atoms with Crippen molar-refractivity contribution in [3.05, 3.63) is 0 Å². The van der Waals surface area contributed by atoms with Gasteiger partial charge in [0, 0.05) is 12.6 Å². The predicted molar refractivity (Wildman–Crippen MR) is 34.0 cm³/mol. The SMILES string of the molecule is NNCCC[Si](O)(O)O. The number of rotatable bonds is 4. The first-order chi connectivity index (χ1) is 4.06. The van der Waals surface area contributed by atoms with Gasteiger partial charge in [-0.05, 0) is 6.42 Å². The minimum Gasteiger partial charge on any atom is -0.390 e. The van der Waals surface area contributed by atoms with E-state index in [0.717, 1.165) is 0 Å². The van der Waals surface area contributed by atoms with Crippen LogP contribution < -0.4 is 11.3 Å². The zero-order valence-electron chi connectivity index (χ0n) is 5.04. The van der Waals surface area contributed by atoms with Crippen LogP contribution in [0.4, 0.5) is 0 Å². The predicted octanol–water partition coefficient (Wildman–Crippen LogP) is -2.24. The standard InChI is InChI=1S/C3H12N2O3Si/c4-5-2-1-3-9(6,7)8/h5-8H,1-4H2. The smallest absolute Gasteiger partial charge is 0.390 e. The lowest BCUT2D eigenvalue weighted by Crippen LogP contribution is -2.35. The van der Waals surface area contributed by atoms with Crippen molar-refractivity contribution in [3.63, 3.8) is 0 Å². The molecule has 0 aliphatic carbocycles. The largest absolute Gasteiger partial charge is 0.492 e. The fourth-order valence-electron chi connectivity index (χ4n) is 0.428. The van der Waals surface area contributed by atoms with E-state index >= 15 is 0 Å². The van der Waals surface area contributed by atoms with Crippen LogP contribution in [-0.4, -0.2) is 29.7 Å². The normalized spacial score (nSPS) is 12.0. The van der Waals surface area contributed by atoms with Gasteiger partial charge in [0.25, 0.3) is 0 Å². The molecule has 0 aromatic carbocycles. The molecule has 6 N–H and O–H groups in total. The van der Waals surface area contributed by atoms with Gasteiger partial charge in [0.15, 0.2) is 0 Å². The average Bonchev–Trinajstić information content (AvgIpc) is 1.63. The minimum atomic E-state index is -3.79. The molecule has 0 aliphatic heterocycles. The maximum atomic E-state index is 8.43. The summed E-state index contributed by atoms with van der Waals surface area (Å²) in [6, 6.07) is 0.0389. The molecule has 5 nitrogen and oxygen atoms in total. The second-order valence-corrected chi connectivity index (χ2v) is 3.88. The molecule has 0 aromatic heterocycles. The van der Waals surface area contributed by atoms with Gasteiger partial charge in [-0.15, -0.1) is 0 Å². The molecule has 0 aromatic rings. The molecule has 0 unspecified atom stereocenters. The van der Waals surface area contributed by atoms with Gasteiger partial charge in [-0.25, -0.2) is 0 Å². The Hall–Kier alpha value is 0.0169. The first-order valence-corrected chi connectivity index (χ1v) is 4.72. The topological polar surface area (TPSA) is 98.7 Å². The van der Waals surface area contributed by atoms with Crippen molar-refractivity contribution in [2.24, 2.45) is 5.84 Å². The summed E-state index contributed by atoms with van der Waals surface area (Å²) >= 11 is 0. The Morgan fingerprint density at radius 3 is 2.22 bits per heavy atom. The molecule has 0 atom stereocenters. The summed E-state index contributed by atoms with van der Waals surface area (Å²) in [5.74, 6) is 4.88. The van der Waals surface area contributed by atoms with Crippen LogP contribution >= 0.6 is 0 Å². The summed E-state index contributed by atoms with van der Waals surface area (Å²) in [4.78, 5) is 25.3. The molecule has 0 bridgehead atoms. The number of hydrazine groups is 1. The van der Waals surface area contributed by atoms with E-state index in [1.54, 1.807) is 0 Å². The third-order valence-corrected chi connectivity index (χ3v) is 1.86. The molecular weight excluding hydrogens is 140 g/mol. The Balaban J connectivity index is 3.07. The van der Waals surface area contributed by atoms with E-state index in [-0.39, 0.29) is 6.04 Å². The molecule has 0 amide bonds. The second-order valence-electron chi connectivity index (χ2n) is 1.83. The summed E-state index contributed by atoms with van der Waals surface area (Å²) in [6.07, 6.45) is 0.478. The molecule has 0 radical (unpaired) electrons. The summed E-state index contributed by atoms with van der Waals surface area (Å²) < 4.78 is 0. The third-order valence-electron chi connectivity index (χ3n) is 0.833. The van der Waals surface area contributed by atoms with Gasteiger partial charge in [0.1, 0.15) is 0 Å². The van der Waals surface area contributed by atoms with Crippen molar-refractivity contribution in [1.82, 2.24) is 5.43 Å². The van der Waals surface area contributed by atoms with Gasteiger partial charge < -0.3 is 14.4 Å². The quantitative estimate of drug-likeness (QED) is 0.136. The molecule has 6 heteroatoms. The molecule has 56 valence electrons. The highest BCUT2D eigenvalue weighted by Crippen LogP contribution is 1.98. The van der Waals surface area contributed by atoms with Crippen molar-refractivity contribution in [3.8, 4) is 0 Å². The maximum Gasteiger partial charge on any atom is 0.492 e. The van der Waals surface area contributed by atoms with Crippen LogP contribution in [0.25, 0.3) is 0 Å². The van der Waals surface area contributed by atoms with Crippen molar-refractivity contribution >= 4 is 8.80 Å². The van der Waals surface area contributed by atoms with Gasteiger partial charge in [-0.3, -0.25) is 11.3 Å². The van der Waals surface area contributed by atoms with Gasteiger partial charge in [0.2, 0.25) is 0 Å². The van der Waals surface area contributed by atoms with Crippen LogP contribution in [0, 0.1) is 0 Å². The van der Waals surface area contributed by atoms with Gasteiger partial charge in [-0.1, -0.05) is 0 Å².